The van der Waals surface area contributed by atoms with E-state index in [1.54, 1.807) is 7.11 Å². The van der Waals surface area contributed by atoms with Crippen LogP contribution in [0.1, 0.15) is 22.4 Å². The molecule has 2 aromatic carbocycles. The van der Waals surface area contributed by atoms with Gasteiger partial charge in [0.05, 0.1) is 38.1 Å². The average molecular weight is 363 g/mol. The molecule has 0 atom stereocenters. The van der Waals surface area contributed by atoms with Crippen LogP contribution in [0.2, 0.25) is 0 Å². The van der Waals surface area contributed by atoms with E-state index in [0.717, 1.165) is 39.4 Å². The lowest BCUT2D eigenvalue weighted by atomic mass is 10.0. The number of benzene rings is 2. The molecule has 0 radical (unpaired) electrons. The fraction of sp³-hybridized carbons (Fsp3) is 0.238. The summed E-state index contributed by atoms with van der Waals surface area (Å²) in [6.45, 7) is 3.31. The summed E-state index contributed by atoms with van der Waals surface area (Å²) < 4.78 is 7.46. The molecule has 6 heteroatoms. The first-order valence-electron chi connectivity index (χ1n) is 8.82. The van der Waals surface area contributed by atoms with Crippen LogP contribution in [0.25, 0.3) is 11.3 Å². The van der Waals surface area contributed by atoms with E-state index in [0.29, 0.717) is 19.6 Å². The molecule has 0 spiro atoms. The van der Waals surface area contributed by atoms with Crippen LogP contribution in [-0.4, -0.2) is 33.0 Å². The first-order chi connectivity index (χ1) is 13.1. The standard InChI is InChI=1S/C21H21N3O3/c1-14-7-3-5-9-16(14)20-17-12-23(21(25)26)13-18(17)22-24(20)11-15-8-4-6-10-19(15)27-2/h3-10H,11-13H2,1-2H3,(H,25,26). The molecule has 0 aliphatic carbocycles. The Bertz CT molecular complexity index is 1010. The number of fused-ring (bicyclic) bond motifs is 1. The lowest BCUT2D eigenvalue weighted by Crippen LogP contribution is -2.24. The first-order valence-corrected chi connectivity index (χ1v) is 8.82. The topological polar surface area (TPSA) is 67.6 Å². The summed E-state index contributed by atoms with van der Waals surface area (Å²) in [5.74, 6) is 0.816. The van der Waals surface area contributed by atoms with E-state index >= 15 is 0 Å². The monoisotopic (exact) mass is 363 g/mol. The molecule has 2 heterocycles. The van der Waals surface area contributed by atoms with Crippen molar-refractivity contribution in [2.45, 2.75) is 26.6 Å². The van der Waals surface area contributed by atoms with Gasteiger partial charge in [0.15, 0.2) is 0 Å². The maximum Gasteiger partial charge on any atom is 0.407 e. The number of hydrogen-bond acceptors (Lipinski definition) is 3. The molecule has 1 aromatic heterocycles. The van der Waals surface area contributed by atoms with E-state index in [4.69, 9.17) is 9.84 Å². The van der Waals surface area contributed by atoms with Gasteiger partial charge in [0.25, 0.3) is 0 Å². The van der Waals surface area contributed by atoms with Gasteiger partial charge >= 0.3 is 6.09 Å². The smallest absolute Gasteiger partial charge is 0.407 e. The molecule has 0 unspecified atom stereocenters. The van der Waals surface area contributed by atoms with Crippen LogP contribution >= 0.6 is 0 Å². The van der Waals surface area contributed by atoms with Crippen LogP contribution in [0, 0.1) is 6.92 Å². The maximum absolute atomic E-state index is 11.4. The fourth-order valence-corrected chi connectivity index (χ4v) is 3.65. The number of carbonyl (C=O) groups is 1. The van der Waals surface area contributed by atoms with Crippen molar-refractivity contribution in [1.82, 2.24) is 14.7 Å². The van der Waals surface area contributed by atoms with Crippen molar-refractivity contribution in [3.63, 3.8) is 0 Å². The Morgan fingerprint density at radius 2 is 1.89 bits per heavy atom. The van der Waals surface area contributed by atoms with Gasteiger partial charge in [0.2, 0.25) is 0 Å². The molecule has 4 rings (SSSR count). The van der Waals surface area contributed by atoms with E-state index in [9.17, 15) is 9.90 Å². The van der Waals surface area contributed by atoms with Crippen molar-refractivity contribution in [2.24, 2.45) is 0 Å². The van der Waals surface area contributed by atoms with Crippen molar-refractivity contribution in [3.8, 4) is 17.0 Å². The van der Waals surface area contributed by atoms with Gasteiger partial charge in [-0.2, -0.15) is 5.10 Å². The molecular formula is C21H21N3O3. The zero-order valence-electron chi connectivity index (χ0n) is 15.3. The number of hydrogen-bond donors (Lipinski definition) is 1. The Labute approximate surface area is 157 Å². The number of ether oxygens (including phenoxy) is 1. The van der Waals surface area contributed by atoms with Crippen LogP contribution in [0.3, 0.4) is 0 Å². The highest BCUT2D eigenvalue weighted by Gasteiger charge is 2.31. The van der Waals surface area contributed by atoms with Gasteiger partial charge in [-0.25, -0.2) is 4.79 Å². The molecule has 0 saturated heterocycles. The predicted molar refractivity (Wildman–Crippen MR) is 102 cm³/mol. The van der Waals surface area contributed by atoms with Gasteiger partial charge in [0.1, 0.15) is 5.75 Å². The molecular weight excluding hydrogens is 342 g/mol. The van der Waals surface area contributed by atoms with Crippen LogP contribution in [-0.2, 0) is 19.6 Å². The zero-order chi connectivity index (χ0) is 19.0. The average Bonchev–Trinajstić information content (AvgIpc) is 3.21. The molecule has 1 aliphatic heterocycles. The van der Waals surface area contributed by atoms with Gasteiger partial charge in [-0.05, 0) is 18.6 Å². The summed E-state index contributed by atoms with van der Waals surface area (Å²) in [6.07, 6.45) is -0.917. The highest BCUT2D eigenvalue weighted by atomic mass is 16.5. The number of aryl methyl sites for hydroxylation is 1. The number of rotatable bonds is 4. The van der Waals surface area contributed by atoms with Crippen molar-refractivity contribution in [3.05, 3.63) is 70.9 Å². The molecule has 0 bridgehead atoms. The third kappa shape index (κ3) is 3.03. The Kier molecular flexibility index (Phi) is 4.32. The SMILES string of the molecule is COc1ccccc1Cn1nc2c(c1-c1ccccc1C)CN(C(=O)O)C2. The highest BCUT2D eigenvalue weighted by Crippen LogP contribution is 2.35. The van der Waals surface area contributed by atoms with Crippen molar-refractivity contribution >= 4 is 6.09 Å². The highest BCUT2D eigenvalue weighted by molar-refractivity contribution is 5.72. The van der Waals surface area contributed by atoms with Gasteiger partial charge in [0, 0.05) is 16.7 Å². The Hall–Kier alpha value is -3.28. The Morgan fingerprint density at radius 3 is 2.63 bits per heavy atom. The number of para-hydroxylation sites is 1. The number of carboxylic acid groups (broad SMARTS) is 1. The molecule has 138 valence electrons. The van der Waals surface area contributed by atoms with Crippen molar-refractivity contribution in [2.75, 3.05) is 7.11 Å². The number of amides is 1. The molecule has 0 saturated carbocycles. The van der Waals surface area contributed by atoms with E-state index in [2.05, 4.69) is 19.1 Å². The summed E-state index contributed by atoms with van der Waals surface area (Å²) in [6, 6.07) is 16.0. The minimum atomic E-state index is -0.917. The molecule has 1 aliphatic rings. The Balaban J connectivity index is 1.83. The van der Waals surface area contributed by atoms with Crippen LogP contribution in [0.5, 0.6) is 5.75 Å². The molecule has 3 aromatic rings. The number of aromatic nitrogens is 2. The second kappa shape index (κ2) is 6.79. The van der Waals surface area contributed by atoms with Crippen LogP contribution in [0.4, 0.5) is 4.79 Å². The van der Waals surface area contributed by atoms with E-state index in [1.807, 2.05) is 41.1 Å². The second-order valence-corrected chi connectivity index (χ2v) is 6.70. The minimum absolute atomic E-state index is 0.322. The van der Waals surface area contributed by atoms with E-state index in [-0.39, 0.29) is 0 Å². The van der Waals surface area contributed by atoms with Gasteiger partial charge in [-0.3, -0.25) is 9.58 Å². The normalized spacial score (nSPS) is 12.9. The summed E-state index contributed by atoms with van der Waals surface area (Å²) in [4.78, 5) is 12.8. The van der Waals surface area contributed by atoms with E-state index in [1.165, 1.54) is 4.90 Å². The van der Waals surface area contributed by atoms with Crippen molar-refractivity contribution < 1.29 is 14.6 Å². The van der Waals surface area contributed by atoms with E-state index < -0.39 is 6.09 Å². The molecule has 27 heavy (non-hydrogen) atoms. The summed E-state index contributed by atoms with van der Waals surface area (Å²) in [7, 11) is 1.66. The largest absolute Gasteiger partial charge is 0.496 e. The lowest BCUT2D eigenvalue weighted by molar-refractivity contribution is 0.144. The third-order valence-corrected chi connectivity index (χ3v) is 5.01. The molecule has 1 amide bonds. The van der Waals surface area contributed by atoms with Crippen LogP contribution in [0.15, 0.2) is 48.5 Å². The lowest BCUT2D eigenvalue weighted by Gasteiger charge is -2.16. The van der Waals surface area contributed by atoms with Gasteiger partial charge < -0.3 is 9.84 Å². The van der Waals surface area contributed by atoms with Gasteiger partial charge in [-0.1, -0.05) is 42.5 Å². The number of methoxy groups -OCH3 is 1. The summed E-state index contributed by atoms with van der Waals surface area (Å²) >= 11 is 0. The molecule has 6 nitrogen and oxygen atoms in total. The first kappa shape index (κ1) is 17.1. The van der Waals surface area contributed by atoms with Crippen LogP contribution < -0.4 is 4.74 Å². The zero-order valence-corrected chi connectivity index (χ0v) is 15.3. The molecule has 0 fully saturated rings. The summed E-state index contributed by atoms with van der Waals surface area (Å²) in [5.41, 5.74) is 6.04. The third-order valence-electron chi connectivity index (χ3n) is 5.01. The predicted octanol–water partition coefficient (Wildman–Crippen LogP) is 3.91. The minimum Gasteiger partial charge on any atom is -0.496 e. The van der Waals surface area contributed by atoms with Gasteiger partial charge in [-0.15, -0.1) is 0 Å². The maximum atomic E-state index is 11.4. The fourth-order valence-electron chi connectivity index (χ4n) is 3.65. The Morgan fingerprint density at radius 1 is 1.15 bits per heavy atom. The number of nitrogens with zero attached hydrogens (tertiary/aromatic N) is 3. The molecule has 1 N–H and O–H groups in total. The second-order valence-electron chi connectivity index (χ2n) is 6.70. The quantitative estimate of drug-likeness (QED) is 0.763. The summed E-state index contributed by atoms with van der Waals surface area (Å²) in [5, 5.41) is 14.1. The van der Waals surface area contributed by atoms with Crippen molar-refractivity contribution in [1.29, 1.82) is 0 Å².